The van der Waals surface area contributed by atoms with Crippen molar-refractivity contribution in [3.8, 4) is 0 Å². The highest BCUT2D eigenvalue weighted by molar-refractivity contribution is 5.65. The SMILES string of the molecule is CC(=O)O.CCOCCOC(C)=O. The lowest BCUT2D eigenvalue weighted by Crippen LogP contribution is -2.06. The molecule has 0 amide bonds. The zero-order valence-corrected chi connectivity index (χ0v) is 8.20. The van der Waals surface area contributed by atoms with Gasteiger partial charge in [-0.05, 0) is 6.92 Å². The number of hydrogen-bond acceptors (Lipinski definition) is 4. The number of carbonyl (C=O) groups is 2. The van der Waals surface area contributed by atoms with Crippen molar-refractivity contribution in [2.75, 3.05) is 19.8 Å². The lowest BCUT2D eigenvalue weighted by atomic mass is 10.7. The highest BCUT2D eigenvalue weighted by Crippen LogP contribution is 1.77. The third-order valence-electron chi connectivity index (χ3n) is 0.737. The van der Waals surface area contributed by atoms with Crippen LogP contribution in [0.15, 0.2) is 0 Å². The fourth-order valence-electron chi connectivity index (χ4n) is 0.389. The number of carbonyl (C=O) groups excluding carboxylic acids is 1. The van der Waals surface area contributed by atoms with Crippen molar-refractivity contribution in [3.63, 3.8) is 0 Å². The average Bonchev–Trinajstić information content (AvgIpc) is 1.97. The molecule has 0 atom stereocenters. The molecule has 0 unspecified atom stereocenters. The summed E-state index contributed by atoms with van der Waals surface area (Å²) in [5.74, 6) is -1.09. The predicted molar refractivity (Wildman–Crippen MR) is 46.4 cm³/mol. The van der Waals surface area contributed by atoms with Crippen LogP contribution in [0.3, 0.4) is 0 Å². The van der Waals surface area contributed by atoms with Gasteiger partial charge >= 0.3 is 5.97 Å². The molecule has 0 aromatic heterocycles. The molecule has 13 heavy (non-hydrogen) atoms. The molecule has 0 aliphatic rings. The first kappa shape index (κ1) is 14.4. The fraction of sp³-hybridized carbons (Fsp3) is 0.750. The van der Waals surface area contributed by atoms with E-state index in [9.17, 15) is 4.79 Å². The Bertz CT molecular complexity index is 139. The van der Waals surface area contributed by atoms with Crippen molar-refractivity contribution in [3.05, 3.63) is 0 Å². The number of esters is 1. The molecule has 0 aliphatic carbocycles. The molecule has 5 heteroatoms. The van der Waals surface area contributed by atoms with E-state index in [-0.39, 0.29) is 5.97 Å². The van der Waals surface area contributed by atoms with Gasteiger partial charge in [0.05, 0.1) is 6.61 Å². The number of hydrogen-bond donors (Lipinski definition) is 1. The average molecular weight is 192 g/mol. The maximum absolute atomic E-state index is 10.1. The Morgan fingerprint density at radius 3 is 2.00 bits per heavy atom. The summed E-state index contributed by atoms with van der Waals surface area (Å²) in [7, 11) is 0. The molecular weight excluding hydrogens is 176 g/mol. The second-order valence-corrected chi connectivity index (χ2v) is 2.06. The third-order valence-corrected chi connectivity index (χ3v) is 0.737. The van der Waals surface area contributed by atoms with E-state index in [1.54, 1.807) is 0 Å². The zero-order valence-electron chi connectivity index (χ0n) is 8.20. The second kappa shape index (κ2) is 10.9. The molecule has 0 aliphatic heterocycles. The molecule has 0 radical (unpaired) electrons. The molecule has 0 bridgehead atoms. The molecule has 78 valence electrons. The molecular formula is C8H16O5. The number of ether oxygens (including phenoxy) is 2. The van der Waals surface area contributed by atoms with Crippen LogP contribution in [0, 0.1) is 0 Å². The van der Waals surface area contributed by atoms with Gasteiger partial charge in [-0.2, -0.15) is 0 Å². The lowest BCUT2D eigenvalue weighted by Gasteiger charge is -1.99. The summed E-state index contributed by atoms with van der Waals surface area (Å²) in [5.41, 5.74) is 0. The minimum atomic E-state index is -0.833. The summed E-state index contributed by atoms with van der Waals surface area (Å²) >= 11 is 0. The van der Waals surface area contributed by atoms with E-state index in [0.29, 0.717) is 19.8 Å². The minimum absolute atomic E-state index is 0.255. The van der Waals surface area contributed by atoms with Crippen LogP contribution in [0.5, 0.6) is 0 Å². The summed E-state index contributed by atoms with van der Waals surface area (Å²) in [4.78, 5) is 19.1. The lowest BCUT2D eigenvalue weighted by molar-refractivity contribution is -0.142. The quantitative estimate of drug-likeness (QED) is 0.523. The smallest absolute Gasteiger partial charge is 0.302 e. The number of rotatable bonds is 4. The molecule has 0 spiro atoms. The van der Waals surface area contributed by atoms with E-state index in [1.165, 1.54) is 6.92 Å². The van der Waals surface area contributed by atoms with Crippen LogP contribution >= 0.6 is 0 Å². The van der Waals surface area contributed by atoms with E-state index in [2.05, 4.69) is 4.74 Å². The van der Waals surface area contributed by atoms with E-state index in [1.807, 2.05) is 6.92 Å². The van der Waals surface area contributed by atoms with Crippen LogP contribution in [0.25, 0.3) is 0 Å². The largest absolute Gasteiger partial charge is 0.481 e. The highest BCUT2D eigenvalue weighted by Gasteiger charge is 1.89. The monoisotopic (exact) mass is 192 g/mol. The summed E-state index contributed by atoms with van der Waals surface area (Å²) < 4.78 is 9.49. The van der Waals surface area contributed by atoms with Crippen LogP contribution in [0.1, 0.15) is 20.8 Å². The Hall–Kier alpha value is -1.10. The second-order valence-electron chi connectivity index (χ2n) is 2.06. The minimum Gasteiger partial charge on any atom is -0.481 e. The molecule has 0 rings (SSSR count). The van der Waals surface area contributed by atoms with Crippen molar-refractivity contribution in [2.24, 2.45) is 0 Å². The Labute approximate surface area is 77.6 Å². The van der Waals surface area contributed by atoms with Crippen LogP contribution in [-0.2, 0) is 19.1 Å². The van der Waals surface area contributed by atoms with E-state index < -0.39 is 5.97 Å². The van der Waals surface area contributed by atoms with Gasteiger partial charge in [0, 0.05) is 20.5 Å². The van der Waals surface area contributed by atoms with Gasteiger partial charge in [0.1, 0.15) is 6.61 Å². The molecule has 0 aromatic carbocycles. The molecule has 0 heterocycles. The van der Waals surface area contributed by atoms with Crippen LogP contribution in [0.4, 0.5) is 0 Å². The first-order valence-electron chi connectivity index (χ1n) is 3.91. The highest BCUT2D eigenvalue weighted by atomic mass is 16.6. The van der Waals surface area contributed by atoms with Gasteiger partial charge in [-0.15, -0.1) is 0 Å². The predicted octanol–water partition coefficient (Wildman–Crippen LogP) is 0.677. The van der Waals surface area contributed by atoms with Gasteiger partial charge in [0.2, 0.25) is 0 Å². The maximum Gasteiger partial charge on any atom is 0.302 e. The van der Waals surface area contributed by atoms with Crippen LogP contribution in [0.2, 0.25) is 0 Å². The van der Waals surface area contributed by atoms with Gasteiger partial charge in [0.15, 0.2) is 0 Å². The summed E-state index contributed by atoms with van der Waals surface area (Å²) in [5, 5.41) is 7.42. The van der Waals surface area contributed by atoms with Gasteiger partial charge < -0.3 is 14.6 Å². The van der Waals surface area contributed by atoms with Crippen molar-refractivity contribution in [1.29, 1.82) is 0 Å². The molecule has 0 saturated carbocycles. The normalized spacial score (nSPS) is 8.23. The van der Waals surface area contributed by atoms with Gasteiger partial charge in [-0.25, -0.2) is 0 Å². The van der Waals surface area contributed by atoms with Crippen LogP contribution < -0.4 is 0 Å². The molecule has 0 fully saturated rings. The third kappa shape index (κ3) is 36.0. The van der Waals surface area contributed by atoms with Crippen molar-refractivity contribution in [1.82, 2.24) is 0 Å². The summed E-state index contributed by atoms with van der Waals surface area (Å²) in [6.07, 6.45) is 0. The Kier molecular flexibility index (Phi) is 12.1. The maximum atomic E-state index is 10.1. The number of aliphatic carboxylic acids is 1. The topological polar surface area (TPSA) is 72.8 Å². The van der Waals surface area contributed by atoms with Crippen LogP contribution in [-0.4, -0.2) is 36.9 Å². The Morgan fingerprint density at radius 1 is 1.23 bits per heavy atom. The summed E-state index contributed by atoms with van der Waals surface area (Å²) in [6, 6.07) is 0. The van der Waals surface area contributed by atoms with E-state index in [0.717, 1.165) is 6.92 Å². The first-order valence-corrected chi connectivity index (χ1v) is 3.91. The number of carboxylic acids is 1. The summed E-state index contributed by atoms with van der Waals surface area (Å²) in [6.45, 7) is 5.89. The molecule has 1 N–H and O–H groups in total. The van der Waals surface area contributed by atoms with Gasteiger partial charge in [-0.1, -0.05) is 0 Å². The van der Waals surface area contributed by atoms with Crippen molar-refractivity contribution >= 4 is 11.9 Å². The van der Waals surface area contributed by atoms with Crippen molar-refractivity contribution < 1.29 is 24.2 Å². The Morgan fingerprint density at radius 2 is 1.69 bits per heavy atom. The molecule has 0 saturated heterocycles. The standard InChI is InChI=1S/C6H12O3.C2H4O2/c1-3-8-4-5-9-6(2)7;1-2(3)4/h3-5H2,1-2H3;1H3,(H,3,4). The fourth-order valence-corrected chi connectivity index (χ4v) is 0.389. The first-order chi connectivity index (χ1) is 6.00. The van der Waals surface area contributed by atoms with E-state index >= 15 is 0 Å². The molecule has 5 nitrogen and oxygen atoms in total. The number of carboxylic acid groups (broad SMARTS) is 1. The van der Waals surface area contributed by atoms with E-state index in [4.69, 9.17) is 14.6 Å². The van der Waals surface area contributed by atoms with Gasteiger partial charge in [0.25, 0.3) is 5.97 Å². The van der Waals surface area contributed by atoms with Gasteiger partial charge in [-0.3, -0.25) is 9.59 Å². The Balaban J connectivity index is 0. The molecule has 0 aromatic rings. The van der Waals surface area contributed by atoms with Crippen molar-refractivity contribution in [2.45, 2.75) is 20.8 Å². The zero-order chi connectivity index (χ0) is 10.7.